The second-order valence-electron chi connectivity index (χ2n) is 6.58. The van der Waals surface area contributed by atoms with E-state index < -0.39 is 0 Å². The van der Waals surface area contributed by atoms with Crippen LogP contribution in [-0.4, -0.2) is 24.4 Å². The molecule has 2 heterocycles. The van der Waals surface area contributed by atoms with Crippen molar-refractivity contribution in [2.24, 2.45) is 0 Å². The Hall–Kier alpha value is -3.79. The van der Waals surface area contributed by atoms with Crippen molar-refractivity contribution in [2.45, 2.75) is 0 Å². The molecule has 0 aliphatic rings. The quantitative estimate of drug-likeness (QED) is 0.325. The van der Waals surface area contributed by atoms with Crippen LogP contribution in [0.25, 0.3) is 22.7 Å². The molecular weight excluding hydrogens is 362 g/mol. The third-order valence-corrected chi connectivity index (χ3v) is 4.83. The lowest BCUT2D eigenvalue weighted by Gasteiger charge is -2.07. The number of ether oxygens (including phenoxy) is 2. The van der Waals surface area contributed by atoms with Gasteiger partial charge in [-0.3, -0.25) is 4.79 Å². The van der Waals surface area contributed by atoms with Crippen LogP contribution in [-0.2, 0) is 0 Å². The highest BCUT2D eigenvalue weighted by Crippen LogP contribution is 2.30. The van der Waals surface area contributed by atoms with Gasteiger partial charge >= 0.3 is 0 Å². The number of fused-ring (bicyclic) bond motifs is 1. The van der Waals surface area contributed by atoms with E-state index in [1.165, 1.54) is 0 Å². The molecule has 0 atom stereocenters. The Labute approximate surface area is 169 Å². The van der Waals surface area contributed by atoms with E-state index in [9.17, 15) is 4.79 Å². The number of carbonyl (C=O) groups is 1. The van der Waals surface area contributed by atoms with Crippen LogP contribution in [0.5, 0.6) is 11.5 Å². The maximum absolute atomic E-state index is 13.2. The normalized spacial score (nSPS) is 11.1. The predicted molar refractivity (Wildman–Crippen MR) is 116 cm³/mol. The van der Waals surface area contributed by atoms with E-state index >= 15 is 0 Å². The summed E-state index contributed by atoms with van der Waals surface area (Å²) in [6, 6.07) is 23.5. The molecule has 29 heavy (non-hydrogen) atoms. The lowest BCUT2D eigenvalue weighted by atomic mass is 10.0. The number of rotatable bonds is 6. The minimum Gasteiger partial charge on any atom is -0.493 e. The van der Waals surface area contributed by atoms with Gasteiger partial charge in [0.25, 0.3) is 0 Å². The molecule has 0 spiro atoms. The number of carbonyl (C=O) groups excluding carboxylic acids is 1. The maximum Gasteiger partial charge on any atom is 0.203 e. The summed E-state index contributed by atoms with van der Waals surface area (Å²) in [4.78, 5) is 13.2. The Morgan fingerprint density at radius 3 is 2.38 bits per heavy atom. The molecule has 0 amide bonds. The molecule has 0 saturated carbocycles. The van der Waals surface area contributed by atoms with Crippen LogP contribution in [0.1, 0.15) is 16.1 Å². The van der Waals surface area contributed by atoms with Crippen LogP contribution in [0, 0.1) is 0 Å². The van der Waals surface area contributed by atoms with Crippen molar-refractivity contribution in [3.63, 3.8) is 0 Å². The number of hydrogen-bond donors (Lipinski definition) is 0. The second kappa shape index (κ2) is 8.07. The molecule has 4 aromatic rings. The first-order valence-corrected chi connectivity index (χ1v) is 9.31. The summed E-state index contributed by atoms with van der Waals surface area (Å²) in [7, 11) is 3.19. The Morgan fingerprint density at radius 1 is 0.862 bits per heavy atom. The first-order chi connectivity index (χ1) is 14.2. The molecule has 0 N–H and O–H groups in total. The van der Waals surface area contributed by atoms with Crippen molar-refractivity contribution in [3.8, 4) is 22.6 Å². The molecule has 144 valence electrons. The zero-order valence-corrected chi connectivity index (χ0v) is 16.3. The summed E-state index contributed by atoms with van der Waals surface area (Å²) in [5.74, 6) is 1.21. The van der Waals surface area contributed by atoms with E-state index in [1.807, 2.05) is 83.4 Å². The molecule has 0 aliphatic heterocycles. The monoisotopic (exact) mass is 383 g/mol. The third kappa shape index (κ3) is 3.65. The molecule has 0 bridgehead atoms. The van der Waals surface area contributed by atoms with Crippen molar-refractivity contribution < 1.29 is 14.3 Å². The summed E-state index contributed by atoms with van der Waals surface area (Å²) >= 11 is 0. The smallest absolute Gasteiger partial charge is 0.203 e. The van der Waals surface area contributed by atoms with Gasteiger partial charge in [0.2, 0.25) is 5.78 Å². The van der Waals surface area contributed by atoms with E-state index in [0.29, 0.717) is 17.2 Å². The fraction of sp³-hybridized carbons (Fsp3) is 0.0800. The third-order valence-electron chi connectivity index (χ3n) is 4.83. The number of ketones is 1. The highest BCUT2D eigenvalue weighted by Gasteiger charge is 2.16. The van der Waals surface area contributed by atoms with Gasteiger partial charge in [0.1, 0.15) is 5.69 Å². The SMILES string of the molecule is COc1ccc(/C=C/C(=O)c2c(-c3ccccc3)cc3ccccn23)cc1OC. The van der Waals surface area contributed by atoms with Gasteiger partial charge in [0, 0.05) is 17.3 Å². The topological polar surface area (TPSA) is 39.9 Å². The van der Waals surface area contributed by atoms with Crippen molar-refractivity contribution in [3.05, 3.63) is 96.3 Å². The largest absolute Gasteiger partial charge is 0.493 e. The summed E-state index contributed by atoms with van der Waals surface area (Å²) in [5.41, 5.74) is 4.41. The molecule has 2 aromatic carbocycles. The summed E-state index contributed by atoms with van der Waals surface area (Å²) in [5, 5.41) is 0. The van der Waals surface area contributed by atoms with Gasteiger partial charge in [-0.25, -0.2) is 0 Å². The van der Waals surface area contributed by atoms with Crippen molar-refractivity contribution in [1.82, 2.24) is 4.40 Å². The van der Waals surface area contributed by atoms with E-state index in [4.69, 9.17) is 9.47 Å². The van der Waals surface area contributed by atoms with Gasteiger partial charge in [-0.15, -0.1) is 0 Å². The van der Waals surface area contributed by atoms with E-state index in [1.54, 1.807) is 26.4 Å². The van der Waals surface area contributed by atoms with Gasteiger partial charge < -0.3 is 13.9 Å². The van der Waals surface area contributed by atoms with Gasteiger partial charge in [-0.1, -0.05) is 48.5 Å². The van der Waals surface area contributed by atoms with E-state index in [-0.39, 0.29) is 5.78 Å². The average molecular weight is 383 g/mol. The van der Waals surface area contributed by atoms with Gasteiger partial charge in [0.15, 0.2) is 11.5 Å². The molecule has 0 radical (unpaired) electrons. The highest BCUT2D eigenvalue weighted by molar-refractivity contribution is 6.11. The van der Waals surface area contributed by atoms with Crippen LogP contribution >= 0.6 is 0 Å². The maximum atomic E-state index is 13.2. The lowest BCUT2D eigenvalue weighted by molar-refractivity contribution is 0.104. The zero-order valence-electron chi connectivity index (χ0n) is 16.3. The molecule has 2 aromatic heterocycles. The molecule has 4 rings (SSSR count). The molecular formula is C25H21NO3. The number of methoxy groups -OCH3 is 2. The second-order valence-corrected chi connectivity index (χ2v) is 6.58. The number of allylic oxidation sites excluding steroid dienone is 1. The number of pyridine rings is 1. The number of aromatic nitrogens is 1. The Morgan fingerprint density at radius 2 is 1.62 bits per heavy atom. The first-order valence-electron chi connectivity index (χ1n) is 9.31. The van der Waals surface area contributed by atoms with E-state index in [2.05, 4.69) is 0 Å². The Balaban J connectivity index is 1.75. The Bertz CT molecular complexity index is 1190. The standard InChI is InChI=1S/C25H21NO3/c1-28-23-14-12-18(16-24(23)29-2)11-13-22(27)25-21(19-8-4-3-5-9-19)17-20-10-6-7-15-26(20)25/h3-17H,1-2H3/b13-11+. The van der Waals surface area contributed by atoms with Gasteiger partial charge in [-0.2, -0.15) is 0 Å². The molecule has 4 nitrogen and oxygen atoms in total. The highest BCUT2D eigenvalue weighted by atomic mass is 16.5. The summed E-state index contributed by atoms with van der Waals surface area (Å²) < 4.78 is 12.5. The Kier molecular flexibility index (Phi) is 5.16. The van der Waals surface area contributed by atoms with Crippen molar-refractivity contribution >= 4 is 17.4 Å². The van der Waals surface area contributed by atoms with Crippen LogP contribution in [0.3, 0.4) is 0 Å². The van der Waals surface area contributed by atoms with Crippen LogP contribution in [0.2, 0.25) is 0 Å². The zero-order chi connectivity index (χ0) is 20.2. The van der Waals surface area contributed by atoms with Gasteiger partial charge in [-0.05, 0) is 47.5 Å². The first kappa shape index (κ1) is 18.6. The van der Waals surface area contributed by atoms with E-state index in [0.717, 1.165) is 22.2 Å². The number of benzene rings is 2. The molecule has 4 heteroatoms. The number of nitrogens with zero attached hydrogens (tertiary/aromatic N) is 1. The molecule has 0 saturated heterocycles. The number of hydrogen-bond acceptors (Lipinski definition) is 3. The lowest BCUT2D eigenvalue weighted by Crippen LogP contribution is -2.02. The van der Waals surface area contributed by atoms with Crippen LogP contribution < -0.4 is 9.47 Å². The van der Waals surface area contributed by atoms with Crippen LogP contribution in [0.4, 0.5) is 0 Å². The minimum absolute atomic E-state index is 0.0650. The van der Waals surface area contributed by atoms with Crippen LogP contribution in [0.15, 0.2) is 85.1 Å². The fourth-order valence-corrected chi connectivity index (χ4v) is 3.42. The van der Waals surface area contributed by atoms with Gasteiger partial charge in [0.05, 0.1) is 14.2 Å². The summed E-state index contributed by atoms with van der Waals surface area (Å²) in [6.45, 7) is 0. The van der Waals surface area contributed by atoms with Crippen molar-refractivity contribution in [1.29, 1.82) is 0 Å². The van der Waals surface area contributed by atoms with Crippen molar-refractivity contribution in [2.75, 3.05) is 14.2 Å². The predicted octanol–water partition coefficient (Wildman–Crippen LogP) is 5.52. The minimum atomic E-state index is -0.0650. The summed E-state index contributed by atoms with van der Waals surface area (Å²) in [6.07, 6.45) is 5.31. The average Bonchev–Trinajstić information content (AvgIpc) is 3.17. The molecule has 0 unspecified atom stereocenters. The molecule has 0 fully saturated rings. The fourth-order valence-electron chi connectivity index (χ4n) is 3.42. The molecule has 0 aliphatic carbocycles.